The maximum absolute atomic E-state index is 13.6. The molecule has 26 heavy (non-hydrogen) atoms. The molecule has 0 saturated heterocycles. The molecule has 3 aromatic rings. The second-order valence-corrected chi connectivity index (χ2v) is 6.57. The molecule has 0 radical (unpaired) electrons. The highest BCUT2D eigenvalue weighted by Crippen LogP contribution is 2.30. The van der Waals surface area contributed by atoms with Crippen LogP contribution in [0.5, 0.6) is 0 Å². The fourth-order valence-electron chi connectivity index (χ4n) is 3.17. The van der Waals surface area contributed by atoms with Crippen molar-refractivity contribution in [3.63, 3.8) is 0 Å². The molecule has 1 aliphatic heterocycles. The Hall–Kier alpha value is -3.03. The molecule has 0 bridgehead atoms. The molecule has 0 unspecified atom stereocenters. The number of nitrogens with one attached hydrogen (secondary N) is 1. The molecule has 134 valence electrons. The third-order valence-electron chi connectivity index (χ3n) is 4.63. The van der Waals surface area contributed by atoms with Gasteiger partial charge in [-0.05, 0) is 12.5 Å². The van der Waals surface area contributed by atoms with Gasteiger partial charge in [0.2, 0.25) is 5.91 Å². The summed E-state index contributed by atoms with van der Waals surface area (Å²) in [5.74, 6) is 1.06. The lowest BCUT2D eigenvalue weighted by molar-refractivity contribution is -0.128. The van der Waals surface area contributed by atoms with Crippen LogP contribution in [0.3, 0.4) is 0 Å². The van der Waals surface area contributed by atoms with Crippen LogP contribution < -0.4 is 4.90 Å². The first-order valence-corrected chi connectivity index (χ1v) is 8.47. The molecule has 1 amide bonds. The Kier molecular flexibility index (Phi) is 4.02. The molecule has 0 spiro atoms. The molecule has 0 aromatic carbocycles. The number of hydrogen-bond donors (Lipinski definition) is 1. The van der Waals surface area contributed by atoms with E-state index in [-0.39, 0.29) is 5.91 Å². The van der Waals surface area contributed by atoms with Gasteiger partial charge in [0, 0.05) is 62.5 Å². The summed E-state index contributed by atoms with van der Waals surface area (Å²) in [6.45, 7) is 1.43. The zero-order chi connectivity index (χ0) is 18.3. The summed E-state index contributed by atoms with van der Waals surface area (Å²) in [4.78, 5) is 31.8. The molecule has 1 aliphatic rings. The molecule has 7 nitrogen and oxygen atoms in total. The van der Waals surface area contributed by atoms with Gasteiger partial charge < -0.3 is 14.8 Å². The van der Waals surface area contributed by atoms with Crippen LogP contribution in [0.25, 0.3) is 22.4 Å². The minimum Gasteiger partial charge on any atom is -0.355 e. The lowest BCUT2D eigenvalue weighted by Gasteiger charge is -2.19. The highest BCUT2D eigenvalue weighted by Gasteiger charge is 2.23. The zero-order valence-electron chi connectivity index (χ0n) is 14.7. The summed E-state index contributed by atoms with van der Waals surface area (Å²) in [5, 5.41) is 0.650. The van der Waals surface area contributed by atoms with Crippen molar-refractivity contribution in [1.82, 2.24) is 24.8 Å². The molecule has 8 heteroatoms. The number of carbonyl (C=O) groups excluding carboxylic acids is 1. The number of aromatic amines is 1. The summed E-state index contributed by atoms with van der Waals surface area (Å²) in [7, 11) is 3.51. The van der Waals surface area contributed by atoms with Gasteiger partial charge >= 0.3 is 0 Å². The number of H-pyrrole nitrogens is 1. The van der Waals surface area contributed by atoms with E-state index in [0.29, 0.717) is 35.4 Å². The highest BCUT2D eigenvalue weighted by atomic mass is 19.1. The summed E-state index contributed by atoms with van der Waals surface area (Å²) < 4.78 is 13.6. The molecule has 0 saturated carbocycles. The van der Waals surface area contributed by atoms with Crippen LogP contribution in [0, 0.1) is 5.82 Å². The van der Waals surface area contributed by atoms with Gasteiger partial charge in [-0.1, -0.05) is 0 Å². The fourth-order valence-corrected chi connectivity index (χ4v) is 3.17. The summed E-state index contributed by atoms with van der Waals surface area (Å²) in [5.41, 5.74) is 2.38. The van der Waals surface area contributed by atoms with E-state index in [9.17, 15) is 9.18 Å². The average Bonchev–Trinajstić information content (AvgIpc) is 3.22. The number of halogens is 1. The quantitative estimate of drug-likeness (QED) is 0.775. The monoisotopic (exact) mass is 354 g/mol. The first-order chi connectivity index (χ1) is 12.5. The second-order valence-electron chi connectivity index (χ2n) is 6.57. The van der Waals surface area contributed by atoms with Gasteiger partial charge in [-0.3, -0.25) is 4.79 Å². The van der Waals surface area contributed by atoms with E-state index < -0.39 is 5.82 Å². The van der Waals surface area contributed by atoms with Crippen molar-refractivity contribution in [1.29, 1.82) is 0 Å². The standard InChI is InChI=1S/C18H19FN6O/c1-24(2)15(26)4-6-25-5-3-11-8-20-17(23-18(11)25)14-10-22-16-13(14)7-12(19)9-21-16/h7-10H,3-6H2,1-2H3,(H,21,22). The minimum atomic E-state index is -0.400. The van der Waals surface area contributed by atoms with Crippen molar-refractivity contribution >= 4 is 22.8 Å². The first-order valence-electron chi connectivity index (χ1n) is 8.47. The van der Waals surface area contributed by atoms with Crippen LogP contribution >= 0.6 is 0 Å². The van der Waals surface area contributed by atoms with Crippen LogP contribution in [-0.2, 0) is 11.2 Å². The van der Waals surface area contributed by atoms with Gasteiger partial charge in [-0.25, -0.2) is 19.3 Å². The largest absolute Gasteiger partial charge is 0.355 e. The Morgan fingerprint density at radius 1 is 1.35 bits per heavy atom. The highest BCUT2D eigenvalue weighted by molar-refractivity contribution is 5.91. The van der Waals surface area contributed by atoms with Crippen molar-refractivity contribution in [2.45, 2.75) is 12.8 Å². The van der Waals surface area contributed by atoms with E-state index in [1.807, 2.05) is 6.20 Å². The number of carbonyl (C=O) groups is 1. The topological polar surface area (TPSA) is 78.0 Å². The lowest BCUT2D eigenvalue weighted by atomic mass is 10.2. The molecule has 4 heterocycles. The van der Waals surface area contributed by atoms with E-state index in [1.54, 1.807) is 25.2 Å². The molecule has 0 fully saturated rings. The van der Waals surface area contributed by atoms with Crippen LogP contribution in [0.1, 0.15) is 12.0 Å². The van der Waals surface area contributed by atoms with E-state index in [2.05, 4.69) is 19.9 Å². The molecule has 0 aliphatic carbocycles. The van der Waals surface area contributed by atoms with E-state index in [1.165, 1.54) is 12.3 Å². The SMILES string of the molecule is CN(C)C(=O)CCN1CCc2cnc(-c3c[nH]c4ncc(F)cc34)nc21. The summed E-state index contributed by atoms with van der Waals surface area (Å²) >= 11 is 0. The van der Waals surface area contributed by atoms with Gasteiger partial charge in [0.15, 0.2) is 5.82 Å². The number of nitrogens with zero attached hydrogens (tertiary/aromatic N) is 5. The van der Waals surface area contributed by atoms with Crippen molar-refractivity contribution in [2.75, 3.05) is 32.1 Å². The Morgan fingerprint density at radius 2 is 2.19 bits per heavy atom. The zero-order valence-corrected chi connectivity index (χ0v) is 14.7. The van der Waals surface area contributed by atoms with Crippen molar-refractivity contribution in [2.24, 2.45) is 0 Å². The second kappa shape index (κ2) is 6.36. The van der Waals surface area contributed by atoms with Crippen molar-refractivity contribution in [3.05, 3.63) is 36.0 Å². The number of fused-ring (bicyclic) bond motifs is 2. The van der Waals surface area contributed by atoms with Crippen molar-refractivity contribution < 1.29 is 9.18 Å². The van der Waals surface area contributed by atoms with E-state index >= 15 is 0 Å². The molecular formula is C18H19FN6O. The summed E-state index contributed by atoms with van der Waals surface area (Å²) in [6.07, 6.45) is 6.03. The first kappa shape index (κ1) is 16.4. The molecule has 3 aromatic heterocycles. The number of aromatic nitrogens is 4. The number of rotatable bonds is 4. The van der Waals surface area contributed by atoms with Gasteiger partial charge in [0.25, 0.3) is 0 Å². The molecule has 0 atom stereocenters. The Morgan fingerprint density at radius 3 is 3.00 bits per heavy atom. The third kappa shape index (κ3) is 2.87. The smallest absolute Gasteiger partial charge is 0.223 e. The number of pyridine rings is 1. The van der Waals surface area contributed by atoms with Crippen LogP contribution in [0.2, 0.25) is 0 Å². The van der Waals surface area contributed by atoms with Gasteiger partial charge in [-0.15, -0.1) is 0 Å². The van der Waals surface area contributed by atoms with Crippen LogP contribution in [0.4, 0.5) is 10.2 Å². The number of anilines is 1. The van der Waals surface area contributed by atoms with Gasteiger partial charge in [-0.2, -0.15) is 0 Å². The van der Waals surface area contributed by atoms with Crippen LogP contribution in [0.15, 0.2) is 24.7 Å². The Bertz CT molecular complexity index is 983. The molecule has 1 N–H and O–H groups in total. The number of amides is 1. The van der Waals surface area contributed by atoms with E-state index in [4.69, 9.17) is 4.98 Å². The lowest BCUT2D eigenvalue weighted by Crippen LogP contribution is -2.29. The predicted molar refractivity (Wildman–Crippen MR) is 96.3 cm³/mol. The Labute approximate surface area is 149 Å². The van der Waals surface area contributed by atoms with Crippen molar-refractivity contribution in [3.8, 4) is 11.4 Å². The minimum absolute atomic E-state index is 0.0888. The summed E-state index contributed by atoms with van der Waals surface area (Å²) in [6, 6.07) is 1.43. The molecular weight excluding hydrogens is 335 g/mol. The maximum atomic E-state index is 13.6. The van der Waals surface area contributed by atoms with E-state index in [0.717, 1.165) is 24.3 Å². The third-order valence-corrected chi connectivity index (χ3v) is 4.63. The predicted octanol–water partition coefficient (Wildman–Crippen LogP) is 2.00. The van der Waals surface area contributed by atoms with Gasteiger partial charge in [0.1, 0.15) is 17.3 Å². The molecule has 4 rings (SSSR count). The van der Waals surface area contributed by atoms with Crippen LogP contribution in [-0.4, -0.2) is 57.9 Å². The maximum Gasteiger partial charge on any atom is 0.223 e. The Balaban J connectivity index is 1.65. The average molecular weight is 354 g/mol. The number of hydrogen-bond acceptors (Lipinski definition) is 5. The fraction of sp³-hybridized carbons (Fsp3) is 0.333. The van der Waals surface area contributed by atoms with Gasteiger partial charge in [0.05, 0.1) is 6.20 Å². The normalized spacial score (nSPS) is 13.3.